The Morgan fingerprint density at radius 2 is 2.10 bits per heavy atom. The summed E-state index contributed by atoms with van der Waals surface area (Å²) in [5, 5.41) is 3.42. The number of halogens is 1. The Balaban J connectivity index is 1.62. The third-order valence-corrected chi connectivity index (χ3v) is 3.75. The highest BCUT2D eigenvalue weighted by atomic mass is 19.1. The maximum absolute atomic E-state index is 13.2. The number of hydrogen-bond acceptors (Lipinski definition) is 3. The number of nitrogens with one attached hydrogen (secondary N) is 1. The molecule has 1 fully saturated rings. The number of benzene rings is 1. The SMILES string of the molecule is Cc1ccc(F)cc1OCc1cc(CNC2CC2)oc1C. The Morgan fingerprint density at radius 3 is 2.86 bits per heavy atom. The van der Waals surface area contributed by atoms with Crippen molar-refractivity contribution in [2.75, 3.05) is 0 Å². The molecular formula is C17H20FNO2. The van der Waals surface area contributed by atoms with Gasteiger partial charge in [-0.3, -0.25) is 0 Å². The predicted molar refractivity (Wildman–Crippen MR) is 78.8 cm³/mol. The van der Waals surface area contributed by atoms with Gasteiger partial charge in [-0.15, -0.1) is 0 Å². The van der Waals surface area contributed by atoms with Crippen molar-refractivity contribution in [2.24, 2.45) is 0 Å². The van der Waals surface area contributed by atoms with Crippen molar-refractivity contribution in [3.05, 3.63) is 52.7 Å². The van der Waals surface area contributed by atoms with E-state index in [1.807, 2.05) is 19.9 Å². The Kier molecular flexibility index (Phi) is 3.97. The lowest BCUT2D eigenvalue weighted by atomic mass is 10.2. The van der Waals surface area contributed by atoms with E-state index in [0.717, 1.165) is 29.2 Å². The summed E-state index contributed by atoms with van der Waals surface area (Å²) in [4.78, 5) is 0. The van der Waals surface area contributed by atoms with Crippen LogP contribution in [-0.2, 0) is 13.2 Å². The predicted octanol–water partition coefficient (Wildman–Crippen LogP) is 3.87. The Hall–Kier alpha value is -1.81. The summed E-state index contributed by atoms with van der Waals surface area (Å²) in [6.45, 7) is 4.98. The third kappa shape index (κ3) is 3.64. The minimum absolute atomic E-state index is 0.283. The van der Waals surface area contributed by atoms with Gasteiger partial charge in [0.25, 0.3) is 0 Å². The van der Waals surface area contributed by atoms with Crippen molar-refractivity contribution in [1.82, 2.24) is 5.32 Å². The van der Waals surface area contributed by atoms with Crippen molar-refractivity contribution in [3.63, 3.8) is 0 Å². The molecule has 1 N–H and O–H groups in total. The average Bonchev–Trinajstić information content (AvgIpc) is 3.22. The van der Waals surface area contributed by atoms with E-state index in [1.54, 1.807) is 6.07 Å². The molecule has 2 aromatic rings. The molecule has 1 aromatic carbocycles. The molecule has 0 atom stereocenters. The van der Waals surface area contributed by atoms with Crippen LogP contribution in [-0.4, -0.2) is 6.04 Å². The Morgan fingerprint density at radius 1 is 1.29 bits per heavy atom. The lowest BCUT2D eigenvalue weighted by Crippen LogP contribution is -2.14. The summed E-state index contributed by atoms with van der Waals surface area (Å²) in [5.74, 6) is 2.08. The monoisotopic (exact) mass is 289 g/mol. The molecule has 21 heavy (non-hydrogen) atoms. The molecule has 0 bridgehead atoms. The van der Waals surface area contributed by atoms with Gasteiger partial charge < -0.3 is 14.5 Å². The maximum atomic E-state index is 13.2. The molecule has 1 saturated carbocycles. The van der Waals surface area contributed by atoms with Gasteiger partial charge in [0, 0.05) is 17.7 Å². The average molecular weight is 289 g/mol. The fourth-order valence-electron chi connectivity index (χ4n) is 2.24. The third-order valence-electron chi connectivity index (χ3n) is 3.75. The second-order valence-corrected chi connectivity index (χ2v) is 5.65. The first-order valence-corrected chi connectivity index (χ1v) is 7.32. The van der Waals surface area contributed by atoms with E-state index in [9.17, 15) is 4.39 Å². The van der Waals surface area contributed by atoms with Gasteiger partial charge in [-0.05, 0) is 44.4 Å². The van der Waals surface area contributed by atoms with Gasteiger partial charge in [0.2, 0.25) is 0 Å². The van der Waals surface area contributed by atoms with Gasteiger partial charge in [-0.1, -0.05) is 6.07 Å². The van der Waals surface area contributed by atoms with Crippen molar-refractivity contribution in [3.8, 4) is 5.75 Å². The summed E-state index contributed by atoms with van der Waals surface area (Å²) in [5.41, 5.74) is 1.93. The second kappa shape index (κ2) is 5.90. The lowest BCUT2D eigenvalue weighted by molar-refractivity contribution is 0.299. The minimum Gasteiger partial charge on any atom is -0.488 e. The highest BCUT2D eigenvalue weighted by molar-refractivity contribution is 5.33. The summed E-state index contributed by atoms with van der Waals surface area (Å²) < 4.78 is 24.7. The first-order valence-electron chi connectivity index (χ1n) is 7.32. The zero-order valence-corrected chi connectivity index (χ0v) is 12.4. The Bertz CT molecular complexity index is 632. The van der Waals surface area contributed by atoms with Crippen LogP contribution in [0.3, 0.4) is 0 Å². The van der Waals surface area contributed by atoms with E-state index in [2.05, 4.69) is 5.32 Å². The van der Waals surface area contributed by atoms with Gasteiger partial charge in [0.15, 0.2) is 0 Å². The quantitative estimate of drug-likeness (QED) is 0.876. The number of ether oxygens (including phenoxy) is 1. The van der Waals surface area contributed by atoms with Crippen LogP contribution in [0.2, 0.25) is 0 Å². The smallest absolute Gasteiger partial charge is 0.126 e. The van der Waals surface area contributed by atoms with Crippen molar-refractivity contribution >= 4 is 0 Å². The van der Waals surface area contributed by atoms with Crippen molar-refractivity contribution in [1.29, 1.82) is 0 Å². The fourth-order valence-corrected chi connectivity index (χ4v) is 2.24. The molecule has 0 radical (unpaired) electrons. The molecule has 112 valence electrons. The van der Waals surface area contributed by atoms with Crippen LogP contribution in [0.1, 0.15) is 35.5 Å². The van der Waals surface area contributed by atoms with Crippen LogP contribution in [0.15, 0.2) is 28.7 Å². The summed E-state index contributed by atoms with van der Waals surface area (Å²) in [7, 11) is 0. The van der Waals surface area contributed by atoms with Crippen molar-refractivity contribution in [2.45, 2.75) is 45.9 Å². The van der Waals surface area contributed by atoms with Crippen LogP contribution >= 0.6 is 0 Å². The lowest BCUT2D eigenvalue weighted by Gasteiger charge is -2.08. The minimum atomic E-state index is -0.283. The van der Waals surface area contributed by atoms with Crippen LogP contribution in [0.25, 0.3) is 0 Å². The summed E-state index contributed by atoms with van der Waals surface area (Å²) in [6, 6.07) is 7.25. The normalized spacial score (nSPS) is 14.4. The van der Waals surface area contributed by atoms with E-state index in [-0.39, 0.29) is 5.82 Å². The summed E-state index contributed by atoms with van der Waals surface area (Å²) >= 11 is 0. The van der Waals surface area contributed by atoms with E-state index in [4.69, 9.17) is 9.15 Å². The van der Waals surface area contributed by atoms with Crippen molar-refractivity contribution < 1.29 is 13.5 Å². The molecule has 1 heterocycles. The van der Waals surface area contributed by atoms with Gasteiger partial charge in [-0.2, -0.15) is 0 Å². The van der Waals surface area contributed by atoms with Crippen LogP contribution in [0.5, 0.6) is 5.75 Å². The second-order valence-electron chi connectivity index (χ2n) is 5.65. The molecule has 0 amide bonds. The fraction of sp³-hybridized carbons (Fsp3) is 0.412. The number of furan rings is 1. The molecule has 3 nitrogen and oxygen atoms in total. The number of hydrogen-bond donors (Lipinski definition) is 1. The molecule has 1 aromatic heterocycles. The standard InChI is InChI=1S/C17H20FNO2/c1-11-3-4-14(18)8-17(11)20-10-13-7-16(21-12(13)2)9-19-15-5-6-15/h3-4,7-8,15,19H,5-6,9-10H2,1-2H3. The molecular weight excluding hydrogens is 269 g/mol. The van der Waals surface area contributed by atoms with E-state index < -0.39 is 0 Å². The largest absolute Gasteiger partial charge is 0.488 e. The van der Waals surface area contributed by atoms with Gasteiger partial charge in [-0.25, -0.2) is 4.39 Å². The maximum Gasteiger partial charge on any atom is 0.126 e. The zero-order valence-electron chi connectivity index (χ0n) is 12.4. The highest BCUT2D eigenvalue weighted by Gasteiger charge is 2.21. The molecule has 4 heteroatoms. The van der Waals surface area contributed by atoms with Crippen LogP contribution in [0.4, 0.5) is 4.39 Å². The molecule has 3 rings (SSSR count). The van der Waals surface area contributed by atoms with Crippen LogP contribution < -0.4 is 10.1 Å². The first-order chi connectivity index (χ1) is 10.1. The van der Waals surface area contributed by atoms with E-state index in [0.29, 0.717) is 18.4 Å². The zero-order chi connectivity index (χ0) is 14.8. The number of aryl methyl sites for hydroxylation is 2. The van der Waals surface area contributed by atoms with Gasteiger partial charge in [0.05, 0.1) is 6.54 Å². The molecule has 0 aliphatic heterocycles. The highest BCUT2D eigenvalue weighted by Crippen LogP contribution is 2.23. The topological polar surface area (TPSA) is 34.4 Å². The first kappa shape index (κ1) is 14.1. The molecule has 0 spiro atoms. The van der Waals surface area contributed by atoms with Gasteiger partial charge >= 0.3 is 0 Å². The Labute approximate surface area is 124 Å². The summed E-state index contributed by atoms with van der Waals surface area (Å²) in [6.07, 6.45) is 2.52. The van der Waals surface area contributed by atoms with E-state index >= 15 is 0 Å². The molecule has 0 saturated heterocycles. The van der Waals surface area contributed by atoms with Crippen LogP contribution in [0, 0.1) is 19.7 Å². The molecule has 1 aliphatic carbocycles. The molecule has 0 unspecified atom stereocenters. The van der Waals surface area contributed by atoms with E-state index in [1.165, 1.54) is 25.0 Å². The number of rotatable bonds is 6. The molecule has 1 aliphatic rings. The van der Waals surface area contributed by atoms with Gasteiger partial charge in [0.1, 0.15) is 29.7 Å².